The number of fused-ring (bicyclic) bond motifs is 1. The number of rotatable bonds is 16. The van der Waals surface area contributed by atoms with Crippen LogP contribution in [-0.4, -0.2) is 86.2 Å². The molecule has 10 nitrogen and oxygen atoms in total. The van der Waals surface area contributed by atoms with Crippen molar-refractivity contribution in [2.24, 2.45) is 0 Å². The number of benzene rings is 1. The summed E-state index contributed by atoms with van der Waals surface area (Å²) in [7, 11) is -1.23. The van der Waals surface area contributed by atoms with Crippen LogP contribution in [0.5, 0.6) is 0 Å². The summed E-state index contributed by atoms with van der Waals surface area (Å²) in [6.07, 6.45) is 6.02. The SMILES string of the molecule is COC(=O)CC1(O)CCC(c2nc3c(-c4ccc(-c5ccccc5)nc4)cnn3c(N(COCC[Si](C)(C)C)COCC[Si](C)(C)C)c2Br)CC1. The first-order valence-electron chi connectivity index (χ1n) is 17.9. The summed E-state index contributed by atoms with van der Waals surface area (Å²) in [6, 6.07) is 16.3. The molecule has 0 bridgehead atoms. The van der Waals surface area contributed by atoms with Gasteiger partial charge in [0.05, 0.1) is 41.2 Å². The maximum atomic E-state index is 12.1. The predicted octanol–water partition coefficient (Wildman–Crippen LogP) is 8.60. The summed E-state index contributed by atoms with van der Waals surface area (Å²) in [5, 5.41) is 16.2. The van der Waals surface area contributed by atoms with Crippen LogP contribution in [0.1, 0.15) is 43.7 Å². The van der Waals surface area contributed by atoms with Crippen LogP contribution >= 0.6 is 15.9 Å². The van der Waals surface area contributed by atoms with E-state index < -0.39 is 27.7 Å². The number of halogens is 1. The van der Waals surface area contributed by atoms with Gasteiger partial charge < -0.3 is 24.2 Å². The zero-order chi connectivity index (χ0) is 36.8. The van der Waals surface area contributed by atoms with Gasteiger partial charge >= 0.3 is 5.97 Å². The van der Waals surface area contributed by atoms with E-state index in [9.17, 15) is 9.90 Å². The van der Waals surface area contributed by atoms with Crippen LogP contribution < -0.4 is 4.90 Å². The minimum Gasteiger partial charge on any atom is -0.469 e. The molecule has 1 aliphatic rings. The molecule has 51 heavy (non-hydrogen) atoms. The van der Waals surface area contributed by atoms with Crippen molar-refractivity contribution in [3.05, 3.63) is 65.0 Å². The number of pyridine rings is 1. The molecule has 1 fully saturated rings. The summed E-state index contributed by atoms with van der Waals surface area (Å²) >= 11 is 3.99. The molecule has 0 spiro atoms. The zero-order valence-electron chi connectivity index (χ0n) is 31.2. The smallest absolute Gasteiger partial charge is 0.308 e. The number of hydrogen-bond acceptors (Lipinski definition) is 9. The molecule has 1 saturated carbocycles. The molecule has 0 radical (unpaired) electrons. The van der Waals surface area contributed by atoms with Gasteiger partial charge in [-0.05, 0) is 59.8 Å². The third kappa shape index (κ3) is 10.6. The molecule has 5 rings (SSSR count). The topological polar surface area (TPSA) is 111 Å². The molecule has 0 aliphatic heterocycles. The Bertz CT molecular complexity index is 1730. The molecule has 3 heterocycles. The molecule has 0 unspecified atom stereocenters. The predicted molar refractivity (Wildman–Crippen MR) is 213 cm³/mol. The summed E-state index contributed by atoms with van der Waals surface area (Å²) in [5.74, 6) is 0.463. The molecule has 13 heteroatoms. The summed E-state index contributed by atoms with van der Waals surface area (Å²) in [5.41, 5.74) is 4.25. The van der Waals surface area contributed by atoms with Crippen molar-refractivity contribution in [3.63, 3.8) is 0 Å². The van der Waals surface area contributed by atoms with E-state index in [2.05, 4.69) is 78.3 Å². The van der Waals surface area contributed by atoms with E-state index in [-0.39, 0.29) is 12.3 Å². The first-order valence-corrected chi connectivity index (χ1v) is 26.2. The van der Waals surface area contributed by atoms with Gasteiger partial charge in [-0.15, -0.1) is 0 Å². The Morgan fingerprint density at radius 1 is 0.941 bits per heavy atom. The fraction of sp³-hybridized carbons (Fsp3) is 0.526. The highest BCUT2D eigenvalue weighted by Crippen LogP contribution is 2.44. The van der Waals surface area contributed by atoms with E-state index in [1.165, 1.54) is 7.11 Å². The van der Waals surface area contributed by atoms with Gasteiger partial charge in [0.2, 0.25) is 0 Å². The number of nitrogens with zero attached hydrogens (tertiary/aromatic N) is 5. The third-order valence-electron chi connectivity index (χ3n) is 9.53. The molecule has 276 valence electrons. The van der Waals surface area contributed by atoms with Crippen molar-refractivity contribution in [2.75, 3.05) is 38.7 Å². The van der Waals surface area contributed by atoms with Gasteiger partial charge in [0.25, 0.3) is 0 Å². The van der Waals surface area contributed by atoms with Crippen molar-refractivity contribution < 1.29 is 24.1 Å². The lowest BCUT2D eigenvalue weighted by Crippen LogP contribution is -2.37. The van der Waals surface area contributed by atoms with Crippen LogP contribution in [0.4, 0.5) is 5.82 Å². The minimum atomic E-state index is -1.29. The van der Waals surface area contributed by atoms with Gasteiger partial charge in [-0.25, -0.2) is 4.98 Å². The first kappa shape index (κ1) is 39.3. The number of methoxy groups -OCH3 is 1. The molecular weight excluding hydrogens is 743 g/mol. The van der Waals surface area contributed by atoms with Gasteiger partial charge in [0.1, 0.15) is 13.5 Å². The Balaban J connectivity index is 1.54. The summed E-state index contributed by atoms with van der Waals surface area (Å²) in [4.78, 5) is 24.3. The number of esters is 1. The number of carbonyl (C=O) groups excluding carboxylic acids is 1. The highest BCUT2D eigenvalue weighted by Gasteiger charge is 2.38. The molecule has 1 aromatic carbocycles. The van der Waals surface area contributed by atoms with E-state index in [0.29, 0.717) is 58.0 Å². The lowest BCUT2D eigenvalue weighted by molar-refractivity contribution is -0.147. The Morgan fingerprint density at radius 2 is 1.57 bits per heavy atom. The number of carbonyl (C=O) groups is 1. The van der Waals surface area contributed by atoms with Gasteiger partial charge in [-0.3, -0.25) is 9.78 Å². The van der Waals surface area contributed by atoms with E-state index in [0.717, 1.165) is 50.5 Å². The number of hydrogen-bond donors (Lipinski definition) is 1. The van der Waals surface area contributed by atoms with E-state index in [4.69, 9.17) is 29.3 Å². The molecular formula is C38H54BrN5O5Si2. The maximum absolute atomic E-state index is 12.1. The van der Waals surface area contributed by atoms with Crippen LogP contribution in [0.2, 0.25) is 51.4 Å². The largest absolute Gasteiger partial charge is 0.469 e. The highest BCUT2D eigenvalue weighted by atomic mass is 79.9. The second kappa shape index (κ2) is 16.8. The fourth-order valence-electron chi connectivity index (χ4n) is 6.27. The fourth-order valence-corrected chi connectivity index (χ4v) is 8.61. The minimum absolute atomic E-state index is 0.00878. The Hall–Kier alpha value is -2.95. The molecule has 1 N–H and O–H groups in total. The van der Waals surface area contributed by atoms with Crippen LogP contribution in [0.25, 0.3) is 28.0 Å². The van der Waals surface area contributed by atoms with Crippen molar-refractivity contribution in [1.82, 2.24) is 19.6 Å². The number of anilines is 1. The van der Waals surface area contributed by atoms with Crippen LogP contribution in [0, 0.1) is 0 Å². The molecule has 3 aromatic heterocycles. The second-order valence-corrected chi connectivity index (χ2v) is 28.2. The van der Waals surface area contributed by atoms with Gasteiger partial charge in [0.15, 0.2) is 11.5 Å². The third-order valence-corrected chi connectivity index (χ3v) is 13.7. The van der Waals surface area contributed by atoms with Crippen LogP contribution in [-0.2, 0) is 19.0 Å². The molecule has 4 aromatic rings. The molecule has 1 aliphatic carbocycles. The molecule has 0 saturated heterocycles. The van der Waals surface area contributed by atoms with Crippen molar-refractivity contribution >= 4 is 49.5 Å². The van der Waals surface area contributed by atoms with E-state index in [1.807, 2.05) is 41.2 Å². The Kier molecular flexibility index (Phi) is 12.9. The highest BCUT2D eigenvalue weighted by molar-refractivity contribution is 9.10. The van der Waals surface area contributed by atoms with Gasteiger partial charge in [-0.1, -0.05) is 75.7 Å². The van der Waals surface area contributed by atoms with Crippen LogP contribution in [0.3, 0.4) is 0 Å². The van der Waals surface area contributed by atoms with E-state index >= 15 is 0 Å². The average Bonchev–Trinajstić information content (AvgIpc) is 3.51. The Labute approximate surface area is 313 Å². The van der Waals surface area contributed by atoms with Crippen molar-refractivity contribution in [3.8, 4) is 22.4 Å². The number of ether oxygens (including phenoxy) is 3. The lowest BCUT2D eigenvalue weighted by Gasteiger charge is -2.36. The summed E-state index contributed by atoms with van der Waals surface area (Å²) in [6.45, 7) is 16.1. The number of aromatic nitrogens is 4. The van der Waals surface area contributed by atoms with Crippen molar-refractivity contribution in [1.29, 1.82) is 0 Å². The summed E-state index contributed by atoms with van der Waals surface area (Å²) < 4.78 is 20.3. The van der Waals surface area contributed by atoms with Crippen LogP contribution in [0.15, 0.2) is 59.3 Å². The monoisotopic (exact) mass is 795 g/mol. The van der Waals surface area contributed by atoms with Gasteiger partial charge in [-0.2, -0.15) is 9.61 Å². The second-order valence-electron chi connectivity index (χ2n) is 16.2. The number of aliphatic hydroxyl groups is 1. The normalized spacial score (nSPS) is 18.3. The first-order chi connectivity index (χ1) is 24.2. The standard InChI is InChI=1S/C38H54BrN5O5Si2/c1-47-33(45)23-38(46)17-15-29(16-18-38)35-34(39)37(43(26-48-19-21-50(2,3)4)27-49-20-22-51(5,6)7)44-36(42-35)31(25-41-44)30-13-14-32(40-24-30)28-11-9-8-10-12-28/h8-14,24-25,29,46H,15-23,26-27H2,1-7H3. The van der Waals surface area contributed by atoms with E-state index in [1.54, 1.807) is 0 Å². The maximum Gasteiger partial charge on any atom is 0.308 e. The zero-order valence-corrected chi connectivity index (χ0v) is 34.8. The van der Waals surface area contributed by atoms with Gasteiger partial charge in [0, 0.05) is 58.2 Å². The Morgan fingerprint density at radius 3 is 2.12 bits per heavy atom. The average molecular weight is 797 g/mol. The van der Waals surface area contributed by atoms with Crippen molar-refractivity contribution in [2.45, 2.75) is 95.0 Å². The lowest BCUT2D eigenvalue weighted by atomic mass is 9.76. The quantitative estimate of drug-likeness (QED) is 0.0516. The molecule has 0 atom stereocenters. The molecule has 0 amide bonds.